The molecule has 0 radical (unpaired) electrons. The van der Waals surface area contributed by atoms with E-state index in [0.29, 0.717) is 5.69 Å². The van der Waals surface area contributed by atoms with Crippen molar-refractivity contribution in [3.05, 3.63) is 47.0 Å². The minimum atomic E-state index is -0.358. The molecule has 2 aromatic rings. The summed E-state index contributed by atoms with van der Waals surface area (Å²) in [5.74, 6) is -0.919. The highest BCUT2D eigenvalue weighted by Crippen LogP contribution is 2.26. The number of nitrogens with one attached hydrogen (secondary N) is 2. The van der Waals surface area contributed by atoms with Crippen LogP contribution in [0, 0.1) is 5.82 Å². The van der Waals surface area contributed by atoms with Gasteiger partial charge >= 0.3 is 0 Å². The summed E-state index contributed by atoms with van der Waals surface area (Å²) >= 11 is 0. The van der Waals surface area contributed by atoms with Crippen molar-refractivity contribution in [2.24, 2.45) is 0 Å². The number of halogens is 1. The molecule has 0 saturated carbocycles. The summed E-state index contributed by atoms with van der Waals surface area (Å²) in [6.45, 7) is 5.55. The Morgan fingerprint density at radius 1 is 1.11 bits per heavy atom. The quantitative estimate of drug-likeness (QED) is 0.794. The van der Waals surface area contributed by atoms with Crippen molar-refractivity contribution >= 4 is 11.8 Å². The molecule has 1 aliphatic carbocycles. The Bertz CT molecular complexity index is 866. The van der Waals surface area contributed by atoms with Crippen LogP contribution in [0.25, 0.3) is 5.69 Å². The molecular formula is C21H27FN4O2. The van der Waals surface area contributed by atoms with Gasteiger partial charge in [0.2, 0.25) is 5.91 Å². The van der Waals surface area contributed by atoms with Gasteiger partial charge in [0.05, 0.1) is 12.2 Å². The molecule has 3 rings (SSSR count). The highest BCUT2D eigenvalue weighted by atomic mass is 19.1. The first-order valence-electron chi connectivity index (χ1n) is 9.70. The van der Waals surface area contributed by atoms with Gasteiger partial charge in [0.25, 0.3) is 5.91 Å². The maximum absolute atomic E-state index is 13.3. The number of fused-ring (bicyclic) bond motifs is 1. The molecular weight excluding hydrogens is 359 g/mol. The third-order valence-corrected chi connectivity index (χ3v) is 4.64. The standard InChI is InChI=1S/C21H27FN4O2/c1-21(2,3)24-18(27)13-23-20(28)19-16-7-5-4-6-8-17(16)26(25-19)15-11-9-14(22)10-12-15/h9-12H,4-8,13H2,1-3H3,(H,23,28)(H,24,27). The first-order chi connectivity index (χ1) is 13.2. The molecule has 0 atom stereocenters. The molecule has 1 heterocycles. The van der Waals surface area contributed by atoms with Gasteiger partial charge in [-0.25, -0.2) is 9.07 Å². The van der Waals surface area contributed by atoms with Gasteiger partial charge in [-0.2, -0.15) is 5.10 Å². The number of amides is 2. The van der Waals surface area contributed by atoms with E-state index in [1.54, 1.807) is 16.8 Å². The Labute approximate surface area is 164 Å². The van der Waals surface area contributed by atoms with E-state index in [2.05, 4.69) is 15.7 Å². The van der Waals surface area contributed by atoms with Crippen molar-refractivity contribution in [2.75, 3.05) is 6.54 Å². The molecule has 150 valence electrons. The number of aromatic nitrogens is 2. The minimum absolute atomic E-state index is 0.103. The van der Waals surface area contributed by atoms with Crippen LogP contribution < -0.4 is 10.6 Å². The maximum Gasteiger partial charge on any atom is 0.272 e. The monoisotopic (exact) mass is 386 g/mol. The average Bonchev–Trinajstić information content (AvgIpc) is 2.81. The van der Waals surface area contributed by atoms with Crippen LogP contribution in [0.15, 0.2) is 24.3 Å². The summed E-state index contributed by atoms with van der Waals surface area (Å²) in [6.07, 6.45) is 4.69. The Hall–Kier alpha value is -2.70. The van der Waals surface area contributed by atoms with Crippen molar-refractivity contribution < 1.29 is 14.0 Å². The number of benzene rings is 1. The lowest BCUT2D eigenvalue weighted by Gasteiger charge is -2.20. The Balaban J connectivity index is 1.85. The smallest absolute Gasteiger partial charge is 0.272 e. The second-order valence-electron chi connectivity index (χ2n) is 8.20. The normalized spacial score (nSPS) is 14.1. The predicted molar refractivity (Wildman–Crippen MR) is 105 cm³/mol. The highest BCUT2D eigenvalue weighted by Gasteiger charge is 2.25. The van der Waals surface area contributed by atoms with E-state index in [1.165, 1.54) is 12.1 Å². The minimum Gasteiger partial charge on any atom is -0.350 e. The van der Waals surface area contributed by atoms with E-state index < -0.39 is 0 Å². The van der Waals surface area contributed by atoms with Crippen LogP contribution in [0.3, 0.4) is 0 Å². The molecule has 7 heteroatoms. The number of hydrogen-bond acceptors (Lipinski definition) is 3. The van der Waals surface area contributed by atoms with E-state index in [-0.39, 0.29) is 29.7 Å². The largest absolute Gasteiger partial charge is 0.350 e. The van der Waals surface area contributed by atoms with Gasteiger partial charge in [0.1, 0.15) is 5.82 Å². The van der Waals surface area contributed by atoms with Crippen LogP contribution in [-0.4, -0.2) is 33.7 Å². The number of rotatable bonds is 4. The molecule has 0 saturated heterocycles. The predicted octanol–water partition coefficient (Wildman–Crippen LogP) is 2.92. The Kier molecular flexibility index (Phi) is 5.82. The number of nitrogens with zero attached hydrogens (tertiary/aromatic N) is 2. The van der Waals surface area contributed by atoms with Crippen molar-refractivity contribution in [2.45, 2.75) is 58.4 Å². The van der Waals surface area contributed by atoms with Gasteiger partial charge in [-0.05, 0) is 70.7 Å². The Morgan fingerprint density at radius 3 is 2.46 bits per heavy atom. The summed E-state index contributed by atoms with van der Waals surface area (Å²) in [4.78, 5) is 24.8. The van der Waals surface area contributed by atoms with Gasteiger partial charge in [0, 0.05) is 16.8 Å². The zero-order valence-corrected chi connectivity index (χ0v) is 16.6. The molecule has 2 N–H and O–H groups in total. The second kappa shape index (κ2) is 8.12. The fraction of sp³-hybridized carbons (Fsp3) is 0.476. The average molecular weight is 386 g/mol. The van der Waals surface area contributed by atoms with Gasteiger partial charge in [-0.1, -0.05) is 6.42 Å². The van der Waals surface area contributed by atoms with Crippen LogP contribution in [0.4, 0.5) is 4.39 Å². The van der Waals surface area contributed by atoms with Gasteiger partial charge in [0.15, 0.2) is 5.69 Å². The third kappa shape index (κ3) is 4.77. The molecule has 0 spiro atoms. The second-order valence-corrected chi connectivity index (χ2v) is 8.20. The summed E-state index contributed by atoms with van der Waals surface area (Å²) < 4.78 is 15.0. The third-order valence-electron chi connectivity index (χ3n) is 4.64. The van der Waals surface area contributed by atoms with Gasteiger partial charge in [-0.15, -0.1) is 0 Å². The number of carbonyl (C=O) groups excluding carboxylic acids is 2. The first-order valence-corrected chi connectivity index (χ1v) is 9.70. The molecule has 1 aromatic heterocycles. The Morgan fingerprint density at radius 2 is 1.79 bits per heavy atom. The molecule has 0 fully saturated rings. The fourth-order valence-electron chi connectivity index (χ4n) is 3.46. The van der Waals surface area contributed by atoms with Crippen molar-refractivity contribution in [3.8, 4) is 5.69 Å². The van der Waals surface area contributed by atoms with Crippen LogP contribution >= 0.6 is 0 Å². The van der Waals surface area contributed by atoms with E-state index >= 15 is 0 Å². The summed E-state index contributed by atoms with van der Waals surface area (Å²) in [7, 11) is 0. The lowest BCUT2D eigenvalue weighted by atomic mass is 10.1. The first kappa shape index (κ1) is 20.0. The van der Waals surface area contributed by atoms with Gasteiger partial charge < -0.3 is 10.6 Å². The van der Waals surface area contributed by atoms with Crippen LogP contribution in [0.5, 0.6) is 0 Å². The lowest BCUT2D eigenvalue weighted by molar-refractivity contribution is -0.121. The number of hydrogen-bond donors (Lipinski definition) is 2. The molecule has 6 nitrogen and oxygen atoms in total. The maximum atomic E-state index is 13.3. The number of carbonyl (C=O) groups is 2. The van der Waals surface area contributed by atoms with E-state index in [4.69, 9.17) is 0 Å². The fourth-order valence-corrected chi connectivity index (χ4v) is 3.46. The summed E-state index contributed by atoms with van der Waals surface area (Å²) in [6, 6.07) is 6.09. The van der Waals surface area contributed by atoms with Crippen molar-refractivity contribution in [1.82, 2.24) is 20.4 Å². The van der Waals surface area contributed by atoms with Crippen LogP contribution in [0.2, 0.25) is 0 Å². The van der Waals surface area contributed by atoms with Crippen LogP contribution in [-0.2, 0) is 17.6 Å². The SMILES string of the molecule is CC(C)(C)NC(=O)CNC(=O)c1nn(-c2ccc(F)cc2)c2c1CCCCC2. The zero-order valence-electron chi connectivity index (χ0n) is 16.6. The molecule has 1 aliphatic rings. The molecule has 0 bridgehead atoms. The molecule has 0 unspecified atom stereocenters. The van der Waals surface area contributed by atoms with E-state index in [0.717, 1.165) is 49.0 Å². The summed E-state index contributed by atoms with van der Waals surface area (Å²) in [5, 5.41) is 10.0. The molecule has 2 amide bonds. The highest BCUT2D eigenvalue weighted by molar-refractivity contribution is 5.96. The van der Waals surface area contributed by atoms with Crippen molar-refractivity contribution in [1.29, 1.82) is 0 Å². The topological polar surface area (TPSA) is 76.0 Å². The van der Waals surface area contributed by atoms with Crippen LogP contribution in [0.1, 0.15) is 61.8 Å². The van der Waals surface area contributed by atoms with E-state index in [1.807, 2.05) is 20.8 Å². The molecule has 28 heavy (non-hydrogen) atoms. The van der Waals surface area contributed by atoms with E-state index in [9.17, 15) is 14.0 Å². The lowest BCUT2D eigenvalue weighted by Crippen LogP contribution is -2.46. The zero-order chi connectivity index (χ0) is 20.3. The molecule has 1 aromatic carbocycles. The van der Waals surface area contributed by atoms with Gasteiger partial charge in [-0.3, -0.25) is 9.59 Å². The summed E-state index contributed by atoms with van der Waals surface area (Å²) in [5.41, 5.74) is 2.64. The van der Waals surface area contributed by atoms with Crippen molar-refractivity contribution in [3.63, 3.8) is 0 Å². The molecule has 0 aliphatic heterocycles.